The lowest BCUT2D eigenvalue weighted by atomic mass is 9.60. The van der Waals surface area contributed by atoms with Crippen molar-refractivity contribution in [2.45, 2.75) is 38.3 Å². The van der Waals surface area contributed by atoms with Crippen LogP contribution in [-0.2, 0) is 0 Å². The number of pyridine rings is 2. The molecule has 27 heavy (non-hydrogen) atoms. The van der Waals surface area contributed by atoms with Gasteiger partial charge in [0.15, 0.2) is 11.6 Å². The van der Waals surface area contributed by atoms with Gasteiger partial charge in [-0.05, 0) is 36.7 Å². The van der Waals surface area contributed by atoms with Crippen molar-refractivity contribution >= 4 is 22.8 Å². The Morgan fingerprint density at radius 1 is 1.44 bits per heavy atom. The molecule has 3 fully saturated rings. The molecular formula is C19H21FN4O3. The average Bonchev–Trinajstić information content (AvgIpc) is 3.39. The molecule has 1 aliphatic heterocycles. The summed E-state index contributed by atoms with van der Waals surface area (Å²) in [5.74, 6) is -1.36. The van der Waals surface area contributed by atoms with Crippen molar-refractivity contribution in [1.29, 1.82) is 0 Å². The van der Waals surface area contributed by atoms with Crippen LogP contribution in [-0.4, -0.2) is 39.8 Å². The molecule has 2 aliphatic carbocycles. The van der Waals surface area contributed by atoms with Gasteiger partial charge in [-0.1, -0.05) is 6.92 Å². The molecule has 3 N–H and O–H groups in total. The highest BCUT2D eigenvalue weighted by molar-refractivity contribution is 5.92. The number of aromatic nitrogens is 2. The summed E-state index contributed by atoms with van der Waals surface area (Å²) in [6, 6.07) is 1.39. The zero-order chi connectivity index (χ0) is 19.1. The number of aromatic carboxylic acids is 1. The lowest BCUT2D eigenvalue weighted by Crippen LogP contribution is -2.53. The fraction of sp³-hybridized carbons (Fsp3) is 0.526. The SMILES string of the molecule is C[C@]12C[C@H](N)[C@@H]1CN(c1nc3c(cc1F)c(=O)c(C(=O)O)cn3C1CC1)C2. The number of fused-ring (bicyclic) bond motifs is 2. The maximum Gasteiger partial charge on any atom is 0.341 e. The van der Waals surface area contributed by atoms with Gasteiger partial charge >= 0.3 is 5.97 Å². The summed E-state index contributed by atoms with van der Waals surface area (Å²) in [6.45, 7) is 3.49. The molecule has 0 aromatic carbocycles. The van der Waals surface area contributed by atoms with Crippen LogP contribution >= 0.6 is 0 Å². The van der Waals surface area contributed by atoms with Crippen molar-refractivity contribution in [1.82, 2.24) is 9.55 Å². The van der Waals surface area contributed by atoms with Crippen LogP contribution in [0.4, 0.5) is 10.2 Å². The first-order valence-electron chi connectivity index (χ1n) is 9.28. The van der Waals surface area contributed by atoms with Gasteiger partial charge < -0.3 is 20.3 Å². The number of nitrogens with zero attached hydrogens (tertiary/aromatic N) is 3. The van der Waals surface area contributed by atoms with Crippen LogP contribution in [0.15, 0.2) is 17.1 Å². The Bertz CT molecular complexity index is 1050. The number of rotatable bonds is 3. The minimum absolute atomic E-state index is 0.0214. The van der Waals surface area contributed by atoms with E-state index in [1.54, 1.807) is 4.57 Å². The molecule has 8 heteroatoms. The predicted octanol–water partition coefficient (Wildman–Crippen LogP) is 1.74. The Morgan fingerprint density at radius 3 is 2.78 bits per heavy atom. The first-order valence-corrected chi connectivity index (χ1v) is 9.28. The number of hydrogen-bond acceptors (Lipinski definition) is 5. The van der Waals surface area contributed by atoms with Gasteiger partial charge in [-0.25, -0.2) is 14.2 Å². The Kier molecular flexibility index (Phi) is 3.26. The molecule has 0 bridgehead atoms. The maximum atomic E-state index is 14.9. The molecule has 7 nitrogen and oxygen atoms in total. The van der Waals surface area contributed by atoms with E-state index in [1.165, 1.54) is 6.20 Å². The van der Waals surface area contributed by atoms with E-state index in [1.807, 2.05) is 4.90 Å². The molecule has 2 aromatic rings. The molecule has 2 aromatic heterocycles. The van der Waals surface area contributed by atoms with Crippen molar-refractivity contribution in [2.75, 3.05) is 18.0 Å². The Hall–Kier alpha value is -2.48. The lowest BCUT2D eigenvalue weighted by Gasteiger charge is -2.46. The minimum Gasteiger partial charge on any atom is -0.477 e. The fourth-order valence-corrected chi connectivity index (χ4v) is 4.87. The van der Waals surface area contributed by atoms with Gasteiger partial charge in [-0.2, -0.15) is 0 Å². The Labute approximate surface area is 154 Å². The monoisotopic (exact) mass is 372 g/mol. The van der Waals surface area contributed by atoms with Crippen molar-refractivity contribution in [3.8, 4) is 0 Å². The molecule has 0 unspecified atom stereocenters. The first kappa shape index (κ1) is 16.7. The quantitative estimate of drug-likeness (QED) is 0.851. The highest BCUT2D eigenvalue weighted by Gasteiger charge is 2.55. The van der Waals surface area contributed by atoms with Gasteiger partial charge in [0, 0.05) is 31.4 Å². The molecule has 5 rings (SSSR count). The maximum absolute atomic E-state index is 14.9. The molecule has 0 radical (unpaired) electrons. The Balaban J connectivity index is 1.67. The van der Waals surface area contributed by atoms with E-state index >= 15 is 0 Å². The topological polar surface area (TPSA) is 101 Å². The minimum atomic E-state index is -1.31. The summed E-state index contributed by atoms with van der Waals surface area (Å²) >= 11 is 0. The van der Waals surface area contributed by atoms with Gasteiger partial charge in [0.05, 0.1) is 5.39 Å². The standard InChI is InChI=1S/C19H21FN4O3/c1-19-5-14(21)12(19)7-23(8-19)17-13(20)4-10-15(25)11(18(26)27)6-24(9-2-3-9)16(10)22-17/h4,6,9,12,14H,2-3,5,7-8,21H2,1H3,(H,26,27)/t12-,14-,19+/m0/s1. The van der Waals surface area contributed by atoms with E-state index in [4.69, 9.17) is 5.73 Å². The summed E-state index contributed by atoms with van der Waals surface area (Å²) in [6.07, 6.45) is 4.05. The van der Waals surface area contributed by atoms with E-state index in [2.05, 4.69) is 11.9 Å². The number of halogens is 1. The van der Waals surface area contributed by atoms with Crippen molar-refractivity contribution in [3.63, 3.8) is 0 Å². The van der Waals surface area contributed by atoms with E-state index in [0.29, 0.717) is 24.7 Å². The van der Waals surface area contributed by atoms with Gasteiger partial charge in [0.2, 0.25) is 5.43 Å². The van der Waals surface area contributed by atoms with Crippen LogP contribution < -0.4 is 16.1 Å². The van der Waals surface area contributed by atoms with E-state index in [9.17, 15) is 19.1 Å². The summed E-state index contributed by atoms with van der Waals surface area (Å²) in [5, 5.41) is 9.34. The molecule has 0 spiro atoms. The predicted molar refractivity (Wildman–Crippen MR) is 97.6 cm³/mol. The van der Waals surface area contributed by atoms with E-state index in [-0.39, 0.29) is 34.3 Å². The Morgan fingerprint density at radius 2 is 2.19 bits per heavy atom. The van der Waals surface area contributed by atoms with Crippen LogP contribution in [0, 0.1) is 17.2 Å². The van der Waals surface area contributed by atoms with Crippen LogP contribution in [0.2, 0.25) is 0 Å². The molecule has 3 atom stereocenters. The van der Waals surface area contributed by atoms with Gasteiger partial charge in [-0.3, -0.25) is 4.79 Å². The second kappa shape index (κ2) is 5.28. The molecule has 142 valence electrons. The molecule has 3 heterocycles. The normalized spacial score (nSPS) is 29.7. The third-order valence-corrected chi connectivity index (χ3v) is 6.49. The van der Waals surface area contributed by atoms with Crippen molar-refractivity contribution in [2.24, 2.45) is 17.1 Å². The molecule has 0 amide bonds. The van der Waals surface area contributed by atoms with Crippen LogP contribution in [0.3, 0.4) is 0 Å². The van der Waals surface area contributed by atoms with E-state index in [0.717, 1.165) is 25.3 Å². The van der Waals surface area contributed by atoms with Crippen molar-refractivity contribution in [3.05, 3.63) is 33.9 Å². The first-order chi connectivity index (χ1) is 12.8. The largest absolute Gasteiger partial charge is 0.477 e. The fourth-order valence-electron chi connectivity index (χ4n) is 4.87. The van der Waals surface area contributed by atoms with Gasteiger partial charge in [-0.15, -0.1) is 0 Å². The summed E-state index contributed by atoms with van der Waals surface area (Å²) in [4.78, 5) is 30.4. The molecular weight excluding hydrogens is 351 g/mol. The smallest absolute Gasteiger partial charge is 0.341 e. The number of carbonyl (C=O) groups is 1. The highest BCUT2D eigenvalue weighted by Crippen LogP contribution is 2.51. The second-order valence-corrected chi connectivity index (χ2v) is 8.49. The van der Waals surface area contributed by atoms with Gasteiger partial charge in [0.1, 0.15) is 11.2 Å². The number of nitrogens with two attached hydrogens (primary N) is 1. The second-order valence-electron chi connectivity index (χ2n) is 8.49. The third-order valence-electron chi connectivity index (χ3n) is 6.49. The molecule has 3 aliphatic rings. The average molecular weight is 372 g/mol. The number of anilines is 1. The van der Waals surface area contributed by atoms with Gasteiger partial charge in [0.25, 0.3) is 0 Å². The molecule has 2 saturated carbocycles. The number of carboxylic acid groups (broad SMARTS) is 1. The third kappa shape index (κ3) is 2.32. The zero-order valence-electron chi connectivity index (χ0n) is 15.0. The summed E-state index contributed by atoms with van der Waals surface area (Å²) in [5.41, 5.74) is 5.51. The van der Waals surface area contributed by atoms with E-state index < -0.39 is 17.2 Å². The van der Waals surface area contributed by atoms with Crippen LogP contribution in [0.25, 0.3) is 11.0 Å². The lowest BCUT2D eigenvalue weighted by molar-refractivity contribution is 0.0694. The highest BCUT2D eigenvalue weighted by atomic mass is 19.1. The number of hydrogen-bond donors (Lipinski definition) is 2. The molecule has 1 saturated heterocycles. The van der Waals surface area contributed by atoms with Crippen molar-refractivity contribution < 1.29 is 14.3 Å². The summed E-state index contributed by atoms with van der Waals surface area (Å²) < 4.78 is 16.6. The number of carboxylic acids is 1. The zero-order valence-corrected chi connectivity index (χ0v) is 15.0. The summed E-state index contributed by atoms with van der Waals surface area (Å²) in [7, 11) is 0. The van der Waals surface area contributed by atoms with Crippen LogP contribution in [0.1, 0.15) is 42.6 Å². The van der Waals surface area contributed by atoms with Crippen LogP contribution in [0.5, 0.6) is 0 Å².